The first-order valence-electron chi connectivity index (χ1n) is 3.65. The molecule has 13 heavy (non-hydrogen) atoms. The average Bonchev–Trinajstić information content (AvgIpc) is 2.49. The average molecular weight is 219 g/mol. The van der Waals surface area contributed by atoms with Gasteiger partial charge in [0.1, 0.15) is 0 Å². The lowest BCUT2D eigenvalue weighted by Gasteiger charge is -1.98. The highest BCUT2D eigenvalue weighted by molar-refractivity contribution is 8.01. The first-order valence-corrected chi connectivity index (χ1v) is 5.51. The molecule has 0 radical (unpaired) electrons. The summed E-state index contributed by atoms with van der Waals surface area (Å²) in [4.78, 5) is 14.7. The zero-order valence-corrected chi connectivity index (χ0v) is 8.65. The van der Waals surface area contributed by atoms with E-state index in [9.17, 15) is 4.79 Å². The Morgan fingerprint density at radius 3 is 3.15 bits per heavy atom. The lowest BCUT2D eigenvalue weighted by molar-refractivity contribution is -0.139. The van der Waals surface area contributed by atoms with Gasteiger partial charge in [-0.1, -0.05) is 11.8 Å². The first kappa shape index (κ1) is 10.3. The van der Waals surface area contributed by atoms with Crippen molar-refractivity contribution in [2.75, 3.05) is 12.4 Å². The predicted molar refractivity (Wildman–Crippen MR) is 51.1 cm³/mol. The van der Waals surface area contributed by atoms with Crippen LogP contribution in [0.4, 0.5) is 0 Å². The molecule has 1 aromatic heterocycles. The van der Waals surface area contributed by atoms with Gasteiger partial charge in [-0.2, -0.15) is 4.98 Å². The second kappa shape index (κ2) is 5.08. The SMILES string of the molecule is CCOC(=O)CSc1nc(O)cs1. The summed E-state index contributed by atoms with van der Waals surface area (Å²) in [6.07, 6.45) is 0. The van der Waals surface area contributed by atoms with E-state index < -0.39 is 0 Å². The number of thiazole rings is 1. The Morgan fingerprint density at radius 1 is 1.85 bits per heavy atom. The monoisotopic (exact) mass is 219 g/mol. The van der Waals surface area contributed by atoms with Crippen LogP contribution >= 0.6 is 23.1 Å². The Kier molecular flexibility index (Phi) is 4.04. The molecule has 0 aliphatic rings. The fourth-order valence-electron chi connectivity index (χ4n) is 0.639. The Balaban J connectivity index is 2.30. The van der Waals surface area contributed by atoms with Gasteiger partial charge in [-0.15, -0.1) is 11.3 Å². The van der Waals surface area contributed by atoms with Crippen molar-refractivity contribution in [1.82, 2.24) is 4.98 Å². The maximum absolute atomic E-state index is 10.9. The summed E-state index contributed by atoms with van der Waals surface area (Å²) < 4.78 is 5.40. The molecule has 0 aliphatic carbocycles. The number of ether oxygens (including phenoxy) is 1. The summed E-state index contributed by atoms with van der Waals surface area (Å²) in [5, 5.41) is 10.4. The maximum atomic E-state index is 10.9. The van der Waals surface area contributed by atoms with Gasteiger partial charge in [0.15, 0.2) is 4.34 Å². The number of rotatable bonds is 4. The van der Waals surface area contributed by atoms with Crippen LogP contribution in [-0.2, 0) is 9.53 Å². The van der Waals surface area contributed by atoms with Crippen molar-refractivity contribution in [3.63, 3.8) is 0 Å². The van der Waals surface area contributed by atoms with Gasteiger partial charge < -0.3 is 9.84 Å². The van der Waals surface area contributed by atoms with Crippen LogP contribution in [0.25, 0.3) is 0 Å². The van der Waals surface area contributed by atoms with Gasteiger partial charge in [-0.25, -0.2) is 0 Å². The molecule has 72 valence electrons. The lowest BCUT2D eigenvalue weighted by Crippen LogP contribution is -2.06. The van der Waals surface area contributed by atoms with Gasteiger partial charge in [0.2, 0.25) is 5.88 Å². The van der Waals surface area contributed by atoms with Crippen molar-refractivity contribution in [2.45, 2.75) is 11.3 Å². The number of carbonyl (C=O) groups excluding carboxylic acids is 1. The number of nitrogens with zero attached hydrogens (tertiary/aromatic N) is 1. The standard InChI is InChI=1S/C7H9NO3S2/c1-2-11-6(10)4-13-7-8-5(9)3-12-7/h3,9H,2,4H2,1H3. The van der Waals surface area contributed by atoms with E-state index in [2.05, 4.69) is 4.98 Å². The number of thioether (sulfide) groups is 1. The fourth-order valence-corrected chi connectivity index (χ4v) is 2.12. The fraction of sp³-hybridized carbons (Fsp3) is 0.429. The topological polar surface area (TPSA) is 59.4 Å². The number of esters is 1. The molecule has 1 rings (SSSR count). The number of hydrogen-bond donors (Lipinski definition) is 1. The quantitative estimate of drug-likeness (QED) is 0.614. The summed E-state index contributed by atoms with van der Waals surface area (Å²) in [5.74, 6) is -0.0283. The molecule has 6 heteroatoms. The summed E-state index contributed by atoms with van der Waals surface area (Å²) in [5.41, 5.74) is 0. The predicted octanol–water partition coefficient (Wildman–Crippen LogP) is 1.50. The van der Waals surface area contributed by atoms with Crippen LogP contribution in [0.15, 0.2) is 9.72 Å². The van der Waals surface area contributed by atoms with E-state index >= 15 is 0 Å². The minimum atomic E-state index is -0.262. The molecule has 1 N–H and O–H groups in total. The molecule has 1 aromatic rings. The number of hydrogen-bond acceptors (Lipinski definition) is 6. The highest BCUT2D eigenvalue weighted by Crippen LogP contribution is 2.25. The Bertz CT molecular complexity index is 287. The largest absolute Gasteiger partial charge is 0.493 e. The Labute approximate surface area is 83.9 Å². The van der Waals surface area contributed by atoms with Gasteiger partial charge in [0.25, 0.3) is 0 Å². The van der Waals surface area contributed by atoms with Gasteiger partial charge in [-0.3, -0.25) is 4.79 Å². The van der Waals surface area contributed by atoms with Crippen LogP contribution in [0.1, 0.15) is 6.92 Å². The van der Waals surface area contributed by atoms with Crippen molar-refractivity contribution in [3.05, 3.63) is 5.38 Å². The van der Waals surface area contributed by atoms with E-state index in [0.717, 1.165) is 0 Å². The lowest BCUT2D eigenvalue weighted by atomic mass is 10.8. The third kappa shape index (κ3) is 3.65. The van der Waals surface area contributed by atoms with Crippen LogP contribution in [-0.4, -0.2) is 28.4 Å². The van der Waals surface area contributed by atoms with Crippen LogP contribution in [0.3, 0.4) is 0 Å². The maximum Gasteiger partial charge on any atom is 0.316 e. The molecule has 0 amide bonds. The smallest absolute Gasteiger partial charge is 0.316 e. The van der Waals surface area contributed by atoms with E-state index in [-0.39, 0.29) is 17.6 Å². The molecule has 0 aliphatic heterocycles. The zero-order chi connectivity index (χ0) is 9.68. The van der Waals surface area contributed by atoms with Gasteiger partial charge in [0.05, 0.1) is 17.7 Å². The molecule has 0 bridgehead atoms. The first-order chi connectivity index (χ1) is 6.22. The van der Waals surface area contributed by atoms with E-state index in [4.69, 9.17) is 9.84 Å². The highest BCUT2D eigenvalue weighted by atomic mass is 32.2. The summed E-state index contributed by atoms with van der Waals surface area (Å²) in [7, 11) is 0. The second-order valence-corrected chi connectivity index (χ2v) is 4.15. The normalized spacial score (nSPS) is 9.92. The van der Waals surface area contributed by atoms with Gasteiger partial charge in [0, 0.05) is 0 Å². The van der Waals surface area contributed by atoms with Crippen molar-refractivity contribution in [2.24, 2.45) is 0 Å². The van der Waals surface area contributed by atoms with Crippen molar-refractivity contribution in [3.8, 4) is 5.88 Å². The second-order valence-electron chi connectivity index (χ2n) is 2.07. The van der Waals surface area contributed by atoms with Crippen LogP contribution in [0.2, 0.25) is 0 Å². The highest BCUT2D eigenvalue weighted by Gasteiger charge is 2.05. The Morgan fingerprint density at radius 2 is 2.62 bits per heavy atom. The number of carbonyl (C=O) groups is 1. The molecule has 0 spiro atoms. The minimum absolute atomic E-state index is 0.00337. The molecular formula is C7H9NO3S2. The third-order valence-corrected chi connectivity index (χ3v) is 3.07. The number of aromatic hydroxyl groups is 1. The van der Waals surface area contributed by atoms with Crippen molar-refractivity contribution >= 4 is 29.1 Å². The number of aromatic nitrogens is 1. The van der Waals surface area contributed by atoms with E-state index in [1.165, 1.54) is 28.5 Å². The molecular weight excluding hydrogens is 210 g/mol. The molecule has 0 fully saturated rings. The summed E-state index contributed by atoms with van der Waals surface area (Å²) in [6, 6.07) is 0. The van der Waals surface area contributed by atoms with Gasteiger partial charge in [-0.05, 0) is 6.92 Å². The summed E-state index contributed by atoms with van der Waals surface area (Å²) >= 11 is 2.57. The Hall–Kier alpha value is -0.750. The van der Waals surface area contributed by atoms with Crippen molar-refractivity contribution in [1.29, 1.82) is 0 Å². The van der Waals surface area contributed by atoms with Crippen LogP contribution in [0, 0.1) is 0 Å². The third-order valence-electron chi connectivity index (χ3n) is 1.09. The van der Waals surface area contributed by atoms with Gasteiger partial charge >= 0.3 is 5.97 Å². The molecule has 0 saturated heterocycles. The van der Waals surface area contributed by atoms with Crippen LogP contribution < -0.4 is 0 Å². The molecule has 1 heterocycles. The van der Waals surface area contributed by atoms with Crippen LogP contribution in [0.5, 0.6) is 5.88 Å². The van der Waals surface area contributed by atoms with E-state index in [0.29, 0.717) is 10.9 Å². The molecule has 0 aromatic carbocycles. The van der Waals surface area contributed by atoms with Crippen molar-refractivity contribution < 1.29 is 14.6 Å². The van der Waals surface area contributed by atoms with E-state index in [1.54, 1.807) is 6.92 Å². The zero-order valence-electron chi connectivity index (χ0n) is 7.02. The molecule has 0 atom stereocenters. The molecule has 4 nitrogen and oxygen atoms in total. The minimum Gasteiger partial charge on any atom is -0.493 e. The molecule has 0 unspecified atom stereocenters. The molecule has 0 saturated carbocycles. The van der Waals surface area contributed by atoms with E-state index in [1.807, 2.05) is 0 Å². The summed E-state index contributed by atoms with van der Waals surface area (Å²) in [6.45, 7) is 2.15.